The smallest absolute Gasteiger partial charge is 0.261 e. The number of sulfonamides is 1. The van der Waals surface area contributed by atoms with Gasteiger partial charge in [0.15, 0.2) is 0 Å². The highest BCUT2D eigenvalue weighted by Crippen LogP contribution is 2.31. The lowest BCUT2D eigenvalue weighted by molar-refractivity contribution is -0.116. The molecule has 0 bridgehead atoms. The number of amides is 2. The van der Waals surface area contributed by atoms with Gasteiger partial charge in [-0.05, 0) is 60.5 Å². The summed E-state index contributed by atoms with van der Waals surface area (Å²) < 4.78 is 44.1. The Balaban J connectivity index is 1.42. The summed E-state index contributed by atoms with van der Waals surface area (Å²) in [5, 5.41) is 2.68. The summed E-state index contributed by atoms with van der Waals surface area (Å²) in [4.78, 5) is 26.6. The second-order valence-corrected chi connectivity index (χ2v) is 9.37. The number of likely N-dealkylation sites (N-methyl/N-ethyl adjacent to an activating group) is 1. The number of rotatable bonds is 6. The van der Waals surface area contributed by atoms with Gasteiger partial charge in [-0.2, -0.15) is 4.31 Å². The lowest BCUT2D eigenvalue weighted by Gasteiger charge is -2.18. The number of anilines is 2. The van der Waals surface area contributed by atoms with Crippen molar-refractivity contribution >= 4 is 33.2 Å². The fraction of sp³-hybridized carbons (Fsp3) is 0.182. The number of nitrogens with one attached hydrogen (secondary N) is 1. The minimum absolute atomic E-state index is 0.103. The second-order valence-electron chi connectivity index (χ2n) is 7.33. The lowest BCUT2D eigenvalue weighted by atomic mass is 10.1. The van der Waals surface area contributed by atoms with Crippen molar-refractivity contribution in [2.45, 2.75) is 11.3 Å². The molecule has 0 unspecified atom stereocenters. The van der Waals surface area contributed by atoms with Gasteiger partial charge in [-0.25, -0.2) is 12.8 Å². The predicted molar refractivity (Wildman–Crippen MR) is 115 cm³/mol. The molecular weight excluding hydrogens is 437 g/mol. The summed E-state index contributed by atoms with van der Waals surface area (Å²) in [5.41, 5.74) is 2.61. The SMILES string of the molecule is CN(CC(=O)Nc1ccc2c(c1)CCN2C(=O)c1ccoc1)S(=O)(=O)c1ccc(F)cc1. The van der Waals surface area contributed by atoms with Crippen molar-refractivity contribution in [2.75, 3.05) is 30.4 Å². The Morgan fingerprint density at radius 1 is 1.16 bits per heavy atom. The number of carbonyl (C=O) groups excluding carboxylic acids is 2. The highest BCUT2D eigenvalue weighted by molar-refractivity contribution is 7.89. The fourth-order valence-corrected chi connectivity index (χ4v) is 4.63. The first-order valence-electron chi connectivity index (χ1n) is 9.74. The molecule has 1 aliphatic heterocycles. The largest absolute Gasteiger partial charge is 0.472 e. The van der Waals surface area contributed by atoms with Crippen LogP contribution in [-0.2, 0) is 21.2 Å². The molecule has 0 atom stereocenters. The van der Waals surface area contributed by atoms with Crippen molar-refractivity contribution in [3.05, 3.63) is 78.0 Å². The minimum atomic E-state index is -3.94. The van der Waals surface area contributed by atoms with Gasteiger partial charge in [-0.1, -0.05) is 0 Å². The molecule has 2 heterocycles. The molecule has 0 radical (unpaired) electrons. The van der Waals surface area contributed by atoms with Gasteiger partial charge in [-0.3, -0.25) is 9.59 Å². The highest BCUT2D eigenvalue weighted by Gasteiger charge is 2.27. The van der Waals surface area contributed by atoms with E-state index < -0.39 is 28.3 Å². The Hall–Kier alpha value is -3.50. The van der Waals surface area contributed by atoms with Crippen LogP contribution in [0.4, 0.5) is 15.8 Å². The Kier molecular flexibility index (Phi) is 5.81. The molecule has 0 spiro atoms. The standard InChI is InChI=1S/C22H20FN3O5S/c1-25(32(29,30)19-5-2-17(23)3-6-19)13-21(27)24-18-4-7-20-15(12-18)8-10-26(20)22(28)16-9-11-31-14-16/h2-7,9,11-12,14H,8,10,13H2,1H3,(H,24,27). The zero-order valence-electron chi connectivity index (χ0n) is 17.1. The molecule has 0 saturated carbocycles. The molecule has 166 valence electrons. The summed E-state index contributed by atoms with van der Waals surface area (Å²) in [7, 11) is -2.66. The number of fused-ring (bicyclic) bond motifs is 1. The molecule has 2 amide bonds. The Morgan fingerprint density at radius 2 is 1.91 bits per heavy atom. The van der Waals surface area contributed by atoms with E-state index in [1.165, 1.54) is 19.6 Å². The monoisotopic (exact) mass is 457 g/mol. The van der Waals surface area contributed by atoms with Gasteiger partial charge in [0.25, 0.3) is 5.91 Å². The lowest BCUT2D eigenvalue weighted by Crippen LogP contribution is -2.35. The van der Waals surface area contributed by atoms with Crippen molar-refractivity contribution < 1.29 is 26.8 Å². The third kappa shape index (κ3) is 4.27. The minimum Gasteiger partial charge on any atom is -0.472 e. The van der Waals surface area contributed by atoms with E-state index in [9.17, 15) is 22.4 Å². The van der Waals surface area contributed by atoms with E-state index in [0.717, 1.165) is 39.8 Å². The average molecular weight is 457 g/mol. The van der Waals surface area contributed by atoms with E-state index in [1.807, 2.05) is 0 Å². The molecule has 1 aromatic heterocycles. The van der Waals surface area contributed by atoms with Crippen LogP contribution in [0.5, 0.6) is 0 Å². The van der Waals surface area contributed by atoms with Gasteiger partial charge in [0.1, 0.15) is 12.1 Å². The Labute approximate surface area is 184 Å². The van der Waals surface area contributed by atoms with Gasteiger partial charge in [-0.15, -0.1) is 0 Å². The summed E-state index contributed by atoms with van der Waals surface area (Å²) in [6, 6.07) is 11.2. The number of carbonyl (C=O) groups is 2. The van der Waals surface area contributed by atoms with E-state index in [1.54, 1.807) is 29.2 Å². The van der Waals surface area contributed by atoms with Crippen LogP contribution >= 0.6 is 0 Å². The van der Waals surface area contributed by atoms with Crippen LogP contribution in [0.3, 0.4) is 0 Å². The molecule has 2 aromatic carbocycles. The van der Waals surface area contributed by atoms with Gasteiger partial charge in [0.05, 0.1) is 23.3 Å². The topological polar surface area (TPSA) is 99.9 Å². The predicted octanol–water partition coefficient (Wildman–Crippen LogP) is 2.88. The van der Waals surface area contributed by atoms with Crippen LogP contribution in [-0.4, -0.2) is 44.7 Å². The van der Waals surface area contributed by atoms with Crippen LogP contribution in [0.2, 0.25) is 0 Å². The number of hydrogen-bond acceptors (Lipinski definition) is 5. The molecule has 32 heavy (non-hydrogen) atoms. The quantitative estimate of drug-likeness (QED) is 0.614. The van der Waals surface area contributed by atoms with Crippen LogP contribution in [0, 0.1) is 5.82 Å². The van der Waals surface area contributed by atoms with Crippen molar-refractivity contribution in [3.63, 3.8) is 0 Å². The first-order chi connectivity index (χ1) is 15.3. The molecule has 0 fully saturated rings. The molecule has 4 rings (SSSR count). The molecule has 10 heteroatoms. The van der Waals surface area contributed by atoms with Crippen molar-refractivity contribution in [1.82, 2.24) is 4.31 Å². The molecule has 1 aliphatic rings. The molecule has 1 N–H and O–H groups in total. The van der Waals surface area contributed by atoms with E-state index in [-0.39, 0.29) is 10.8 Å². The zero-order valence-corrected chi connectivity index (χ0v) is 17.9. The number of furan rings is 1. The van der Waals surface area contributed by atoms with E-state index >= 15 is 0 Å². The van der Waals surface area contributed by atoms with E-state index in [4.69, 9.17) is 4.42 Å². The highest BCUT2D eigenvalue weighted by atomic mass is 32.2. The summed E-state index contributed by atoms with van der Waals surface area (Å²) >= 11 is 0. The van der Waals surface area contributed by atoms with E-state index in [0.29, 0.717) is 24.2 Å². The van der Waals surface area contributed by atoms with Crippen molar-refractivity contribution in [3.8, 4) is 0 Å². The van der Waals surface area contributed by atoms with Crippen LogP contribution in [0.25, 0.3) is 0 Å². The van der Waals surface area contributed by atoms with Gasteiger partial charge in [0, 0.05) is 25.0 Å². The van der Waals surface area contributed by atoms with Crippen LogP contribution in [0.1, 0.15) is 15.9 Å². The second kappa shape index (κ2) is 8.56. The maximum Gasteiger partial charge on any atom is 0.261 e. The fourth-order valence-electron chi connectivity index (χ4n) is 3.51. The maximum atomic E-state index is 13.1. The first kappa shape index (κ1) is 21.7. The molecule has 0 aliphatic carbocycles. The first-order valence-corrected chi connectivity index (χ1v) is 11.2. The number of benzene rings is 2. The summed E-state index contributed by atoms with van der Waals surface area (Å²) in [6.07, 6.45) is 3.46. The summed E-state index contributed by atoms with van der Waals surface area (Å²) in [6.45, 7) is 0.0945. The van der Waals surface area contributed by atoms with Gasteiger partial charge in [0.2, 0.25) is 15.9 Å². The zero-order chi connectivity index (χ0) is 22.9. The third-order valence-corrected chi connectivity index (χ3v) is 6.98. The number of nitrogens with zero attached hydrogens (tertiary/aromatic N) is 2. The maximum absolute atomic E-state index is 13.1. The van der Waals surface area contributed by atoms with Gasteiger partial charge < -0.3 is 14.6 Å². The third-order valence-electron chi connectivity index (χ3n) is 5.16. The molecule has 0 saturated heterocycles. The molecule has 8 nitrogen and oxygen atoms in total. The van der Waals surface area contributed by atoms with Crippen molar-refractivity contribution in [2.24, 2.45) is 0 Å². The van der Waals surface area contributed by atoms with Crippen LogP contribution < -0.4 is 10.2 Å². The van der Waals surface area contributed by atoms with Crippen LogP contribution in [0.15, 0.2) is 70.4 Å². The molecular formula is C22H20FN3O5S. The van der Waals surface area contributed by atoms with Gasteiger partial charge >= 0.3 is 0 Å². The summed E-state index contributed by atoms with van der Waals surface area (Å²) in [5.74, 6) is -1.24. The Morgan fingerprint density at radius 3 is 2.59 bits per heavy atom. The number of hydrogen-bond donors (Lipinski definition) is 1. The molecule has 3 aromatic rings. The normalized spacial score (nSPS) is 13.3. The Bertz CT molecular complexity index is 1260. The number of halogens is 1. The van der Waals surface area contributed by atoms with Crippen molar-refractivity contribution in [1.29, 1.82) is 0 Å². The average Bonchev–Trinajstić information content (AvgIpc) is 3.43. The van der Waals surface area contributed by atoms with E-state index in [2.05, 4.69) is 5.32 Å².